The van der Waals surface area contributed by atoms with Crippen molar-refractivity contribution in [2.24, 2.45) is 0 Å². The third-order valence-electron chi connectivity index (χ3n) is 5.82. The normalized spacial score (nSPS) is 20.5. The number of nitrogens with zero attached hydrogens (tertiary/aromatic N) is 2. The van der Waals surface area contributed by atoms with Gasteiger partial charge < -0.3 is 9.64 Å². The van der Waals surface area contributed by atoms with E-state index in [4.69, 9.17) is 9.72 Å². The summed E-state index contributed by atoms with van der Waals surface area (Å²) in [5.41, 5.74) is 3.82. The van der Waals surface area contributed by atoms with Crippen molar-refractivity contribution >= 4 is 5.91 Å². The molecule has 3 heterocycles. The quantitative estimate of drug-likeness (QED) is 0.803. The summed E-state index contributed by atoms with van der Waals surface area (Å²) >= 11 is 0. The van der Waals surface area contributed by atoms with Crippen LogP contribution in [-0.4, -0.2) is 41.6 Å². The number of hydrogen-bond acceptors (Lipinski definition) is 3. The van der Waals surface area contributed by atoms with Crippen molar-refractivity contribution in [3.8, 4) is 0 Å². The molecule has 1 amide bonds. The van der Waals surface area contributed by atoms with E-state index >= 15 is 0 Å². The van der Waals surface area contributed by atoms with Crippen LogP contribution in [0.1, 0.15) is 54.1 Å². The zero-order chi connectivity index (χ0) is 19.5. The number of pyridine rings is 1. The van der Waals surface area contributed by atoms with Gasteiger partial charge in [-0.25, -0.2) is 4.39 Å². The van der Waals surface area contributed by atoms with Crippen molar-refractivity contribution in [2.75, 3.05) is 19.7 Å². The minimum atomic E-state index is -0.235. The van der Waals surface area contributed by atoms with Crippen LogP contribution in [0.5, 0.6) is 0 Å². The molecule has 4 nitrogen and oxygen atoms in total. The number of hydrogen-bond donors (Lipinski definition) is 0. The highest BCUT2D eigenvalue weighted by atomic mass is 19.1. The zero-order valence-corrected chi connectivity index (χ0v) is 16.4. The molecule has 28 heavy (non-hydrogen) atoms. The first-order valence-electron chi connectivity index (χ1n) is 10.2. The largest absolute Gasteiger partial charge is 0.368 e. The first kappa shape index (κ1) is 19.1. The lowest BCUT2D eigenvalue weighted by Gasteiger charge is -2.33. The summed E-state index contributed by atoms with van der Waals surface area (Å²) in [5.74, 6) is 0.320. The number of carbonyl (C=O) groups is 1. The molecule has 0 N–H and O–H groups in total. The Morgan fingerprint density at radius 3 is 2.71 bits per heavy atom. The molecule has 0 saturated carbocycles. The van der Waals surface area contributed by atoms with Crippen LogP contribution < -0.4 is 0 Å². The minimum Gasteiger partial charge on any atom is -0.368 e. The Morgan fingerprint density at radius 1 is 1.21 bits per heavy atom. The molecule has 2 aliphatic rings. The summed E-state index contributed by atoms with van der Waals surface area (Å²) in [6, 6.07) is 11.1. The molecule has 148 valence electrons. The molecule has 0 spiro atoms. The van der Waals surface area contributed by atoms with Gasteiger partial charge in [-0.3, -0.25) is 9.78 Å². The van der Waals surface area contributed by atoms with Crippen LogP contribution in [0.2, 0.25) is 0 Å². The fourth-order valence-corrected chi connectivity index (χ4v) is 4.31. The second-order valence-corrected chi connectivity index (χ2v) is 7.91. The van der Waals surface area contributed by atoms with Crippen molar-refractivity contribution in [3.63, 3.8) is 0 Å². The topological polar surface area (TPSA) is 42.4 Å². The summed E-state index contributed by atoms with van der Waals surface area (Å²) in [4.78, 5) is 19.2. The molecule has 0 aliphatic carbocycles. The maximum Gasteiger partial charge on any atom is 0.251 e. The molecular weight excluding hydrogens is 355 g/mol. The highest BCUT2D eigenvalue weighted by Gasteiger charge is 2.31. The lowest BCUT2D eigenvalue weighted by molar-refractivity contribution is -0.142. The second kappa shape index (κ2) is 8.39. The van der Waals surface area contributed by atoms with Crippen LogP contribution in [0, 0.1) is 12.7 Å². The Labute approximate surface area is 165 Å². The summed E-state index contributed by atoms with van der Waals surface area (Å²) in [6.07, 6.45) is 3.98. The van der Waals surface area contributed by atoms with E-state index in [1.807, 2.05) is 30.0 Å². The predicted molar refractivity (Wildman–Crippen MR) is 106 cm³/mol. The fraction of sp³-hybridized carbons (Fsp3) is 0.478. The van der Waals surface area contributed by atoms with E-state index in [0.717, 1.165) is 55.7 Å². The number of aromatic nitrogens is 1. The average Bonchev–Trinajstić information content (AvgIpc) is 3.24. The monoisotopic (exact) mass is 382 g/mol. The molecule has 0 bridgehead atoms. The van der Waals surface area contributed by atoms with Gasteiger partial charge in [0.15, 0.2) is 0 Å². The number of benzene rings is 1. The van der Waals surface area contributed by atoms with E-state index in [0.29, 0.717) is 24.5 Å². The van der Waals surface area contributed by atoms with E-state index in [1.165, 1.54) is 6.07 Å². The lowest BCUT2D eigenvalue weighted by Crippen LogP contribution is -2.43. The average molecular weight is 382 g/mol. The predicted octanol–water partition coefficient (Wildman–Crippen LogP) is 4.00. The molecule has 1 atom stereocenters. The van der Waals surface area contributed by atoms with Crippen molar-refractivity contribution in [2.45, 2.75) is 51.0 Å². The van der Waals surface area contributed by atoms with Gasteiger partial charge in [-0.1, -0.05) is 18.2 Å². The Bertz CT molecular complexity index is 840. The van der Waals surface area contributed by atoms with Gasteiger partial charge >= 0.3 is 0 Å². The maximum absolute atomic E-state index is 14.0. The third kappa shape index (κ3) is 4.25. The van der Waals surface area contributed by atoms with E-state index in [1.54, 1.807) is 6.07 Å². The van der Waals surface area contributed by atoms with Gasteiger partial charge in [0.1, 0.15) is 11.9 Å². The lowest BCUT2D eigenvalue weighted by atomic mass is 9.91. The molecular formula is C23H27FN2O2. The van der Waals surface area contributed by atoms with Crippen LogP contribution in [0.15, 0.2) is 36.4 Å². The van der Waals surface area contributed by atoms with E-state index in [2.05, 4.69) is 6.07 Å². The Balaban J connectivity index is 1.43. The Morgan fingerprint density at radius 2 is 2.00 bits per heavy atom. The minimum absolute atomic E-state index is 0.147. The van der Waals surface area contributed by atoms with E-state index in [-0.39, 0.29) is 17.8 Å². The highest BCUT2D eigenvalue weighted by molar-refractivity contribution is 5.81. The van der Waals surface area contributed by atoms with Crippen molar-refractivity contribution < 1.29 is 13.9 Å². The summed E-state index contributed by atoms with van der Waals surface area (Å²) in [7, 11) is 0. The molecule has 1 aromatic heterocycles. The first-order valence-corrected chi connectivity index (χ1v) is 10.2. The standard InChI is InChI=1S/C23H27FN2O2/c1-16-13-17(14-19-5-2-3-6-20(19)24)15-21(25-16)18-8-10-26(11-9-18)23(27)22-7-4-12-28-22/h2-3,5-6,13,15,18,22H,4,7-12,14H2,1H3. The summed E-state index contributed by atoms with van der Waals surface area (Å²) in [5, 5.41) is 0. The molecule has 2 aromatic rings. The number of carbonyl (C=O) groups excluding carboxylic acids is 1. The molecule has 2 aliphatic heterocycles. The SMILES string of the molecule is Cc1cc(Cc2ccccc2F)cc(C2CCN(C(=O)C3CCCO3)CC2)n1. The number of amides is 1. The summed E-state index contributed by atoms with van der Waals surface area (Å²) in [6.45, 7) is 4.19. The Hall–Kier alpha value is -2.27. The van der Waals surface area contributed by atoms with Crippen LogP contribution >= 0.6 is 0 Å². The smallest absolute Gasteiger partial charge is 0.251 e. The van der Waals surface area contributed by atoms with E-state index in [9.17, 15) is 9.18 Å². The van der Waals surface area contributed by atoms with Crippen molar-refractivity contribution in [3.05, 3.63) is 64.7 Å². The Kier molecular flexibility index (Phi) is 5.72. The first-order chi connectivity index (χ1) is 13.6. The molecule has 1 aromatic carbocycles. The van der Waals surface area contributed by atoms with Gasteiger partial charge in [-0.05, 0) is 61.9 Å². The van der Waals surface area contributed by atoms with Crippen LogP contribution in [0.25, 0.3) is 0 Å². The molecule has 4 rings (SSSR count). The fourth-order valence-electron chi connectivity index (χ4n) is 4.31. The summed E-state index contributed by atoms with van der Waals surface area (Å²) < 4.78 is 19.6. The van der Waals surface area contributed by atoms with E-state index < -0.39 is 0 Å². The van der Waals surface area contributed by atoms with Gasteiger partial charge in [0.2, 0.25) is 0 Å². The number of likely N-dealkylation sites (tertiary alicyclic amines) is 1. The van der Waals surface area contributed by atoms with Crippen LogP contribution in [-0.2, 0) is 16.0 Å². The molecule has 0 radical (unpaired) electrons. The molecule has 5 heteroatoms. The number of halogens is 1. The van der Waals surface area contributed by atoms with Gasteiger partial charge in [0.25, 0.3) is 5.91 Å². The van der Waals surface area contributed by atoms with Crippen LogP contribution in [0.3, 0.4) is 0 Å². The molecule has 2 fully saturated rings. The molecule has 1 unspecified atom stereocenters. The number of piperidine rings is 1. The van der Waals surface area contributed by atoms with Crippen molar-refractivity contribution in [1.29, 1.82) is 0 Å². The zero-order valence-electron chi connectivity index (χ0n) is 16.4. The van der Waals surface area contributed by atoms with Crippen LogP contribution in [0.4, 0.5) is 4.39 Å². The maximum atomic E-state index is 14.0. The number of rotatable bonds is 4. The van der Waals surface area contributed by atoms with Gasteiger partial charge in [-0.15, -0.1) is 0 Å². The van der Waals surface area contributed by atoms with Gasteiger partial charge in [0, 0.05) is 43.4 Å². The second-order valence-electron chi connectivity index (χ2n) is 7.91. The van der Waals surface area contributed by atoms with Gasteiger partial charge in [0.05, 0.1) is 0 Å². The number of ether oxygens (including phenoxy) is 1. The number of aryl methyl sites for hydroxylation is 1. The van der Waals surface area contributed by atoms with Crippen molar-refractivity contribution in [1.82, 2.24) is 9.88 Å². The van der Waals surface area contributed by atoms with Gasteiger partial charge in [-0.2, -0.15) is 0 Å². The third-order valence-corrected chi connectivity index (χ3v) is 5.82. The highest BCUT2D eigenvalue weighted by Crippen LogP contribution is 2.29. The molecule has 2 saturated heterocycles.